The van der Waals surface area contributed by atoms with E-state index in [1.165, 1.54) is 59.6 Å². The van der Waals surface area contributed by atoms with Crippen LogP contribution in [-0.2, 0) is 9.84 Å². The summed E-state index contributed by atoms with van der Waals surface area (Å²) >= 11 is 2.87. The van der Waals surface area contributed by atoms with Crippen LogP contribution in [0.4, 0.5) is 27.2 Å². The summed E-state index contributed by atoms with van der Waals surface area (Å²) in [7, 11) is -3.22. The molecule has 0 spiro atoms. The van der Waals surface area contributed by atoms with E-state index >= 15 is 0 Å². The second-order valence-corrected chi connectivity index (χ2v) is 11.7. The molecule has 0 N–H and O–H groups in total. The number of fused-ring (bicyclic) bond motifs is 1. The first-order chi connectivity index (χ1) is 15.9. The van der Waals surface area contributed by atoms with E-state index in [0.717, 1.165) is 33.3 Å². The lowest BCUT2D eigenvalue weighted by molar-refractivity contribution is 0.602. The Morgan fingerprint density at radius 1 is 0.848 bits per heavy atom. The van der Waals surface area contributed by atoms with Crippen LogP contribution in [0.3, 0.4) is 0 Å². The fraction of sp³-hybridized carbons (Fsp3) is 0.227. The van der Waals surface area contributed by atoms with Crippen LogP contribution in [0.5, 0.6) is 0 Å². The zero-order chi connectivity index (χ0) is 22.8. The highest BCUT2D eigenvalue weighted by Gasteiger charge is 2.12. The summed E-state index contributed by atoms with van der Waals surface area (Å²) in [6.07, 6.45) is 3.68. The van der Waals surface area contributed by atoms with Gasteiger partial charge in [-0.15, -0.1) is 20.5 Å². The molecule has 0 unspecified atom stereocenters. The molecular formula is C22H20N6O2S3. The second kappa shape index (κ2) is 9.08. The van der Waals surface area contributed by atoms with Gasteiger partial charge >= 0.3 is 0 Å². The van der Waals surface area contributed by atoms with Crippen LogP contribution >= 0.6 is 22.7 Å². The van der Waals surface area contributed by atoms with E-state index in [9.17, 15) is 8.42 Å². The van der Waals surface area contributed by atoms with Crippen molar-refractivity contribution in [3.8, 4) is 0 Å². The van der Waals surface area contributed by atoms with Crippen LogP contribution in [-0.4, -0.2) is 32.7 Å². The maximum Gasteiger partial charge on any atom is 0.231 e. The third-order valence-electron chi connectivity index (χ3n) is 5.17. The lowest BCUT2D eigenvalue weighted by atomic mass is 10.2. The maximum absolute atomic E-state index is 11.5. The minimum atomic E-state index is -3.22. The molecule has 168 valence electrons. The van der Waals surface area contributed by atoms with Gasteiger partial charge in [-0.3, -0.25) is 0 Å². The van der Waals surface area contributed by atoms with Crippen molar-refractivity contribution in [3.63, 3.8) is 0 Å². The molecule has 0 bridgehead atoms. The van der Waals surface area contributed by atoms with Gasteiger partial charge in [0.2, 0.25) is 5.13 Å². The average molecular weight is 497 g/mol. The number of sulfone groups is 1. The zero-order valence-electron chi connectivity index (χ0n) is 17.7. The Kier molecular flexibility index (Phi) is 6.00. The number of nitrogens with zero attached hydrogens (tertiary/aromatic N) is 6. The summed E-state index contributed by atoms with van der Waals surface area (Å²) in [6.45, 7) is 2.24. The number of hydrogen-bond acceptors (Lipinski definition) is 10. The van der Waals surface area contributed by atoms with E-state index in [0.29, 0.717) is 10.8 Å². The van der Waals surface area contributed by atoms with E-state index < -0.39 is 9.84 Å². The van der Waals surface area contributed by atoms with Gasteiger partial charge in [-0.1, -0.05) is 22.7 Å². The molecular weight excluding hydrogens is 476 g/mol. The van der Waals surface area contributed by atoms with Crippen molar-refractivity contribution in [2.24, 2.45) is 20.5 Å². The normalized spacial score (nSPS) is 14.9. The number of azo groups is 2. The number of thiophene rings is 1. The van der Waals surface area contributed by atoms with Crippen LogP contribution in [0.25, 0.3) is 9.53 Å². The van der Waals surface area contributed by atoms with E-state index in [4.69, 9.17) is 0 Å². The zero-order valence-corrected chi connectivity index (χ0v) is 20.2. The molecule has 0 aliphatic carbocycles. The van der Waals surface area contributed by atoms with Crippen LogP contribution in [0.2, 0.25) is 0 Å². The third-order valence-corrected chi connectivity index (χ3v) is 8.22. The summed E-state index contributed by atoms with van der Waals surface area (Å²) < 4.78 is 24.0. The summed E-state index contributed by atoms with van der Waals surface area (Å²) in [4.78, 5) is 8.00. The Morgan fingerprint density at radius 3 is 2.12 bits per heavy atom. The molecule has 0 radical (unpaired) electrons. The van der Waals surface area contributed by atoms with E-state index in [1.807, 2.05) is 18.2 Å². The van der Waals surface area contributed by atoms with Gasteiger partial charge in [0.05, 0.1) is 21.0 Å². The molecule has 1 aliphatic heterocycles. The van der Waals surface area contributed by atoms with Crippen molar-refractivity contribution >= 4 is 69.2 Å². The molecule has 33 heavy (non-hydrogen) atoms. The van der Waals surface area contributed by atoms with Crippen molar-refractivity contribution in [2.75, 3.05) is 24.2 Å². The maximum atomic E-state index is 11.5. The first kappa shape index (κ1) is 21.8. The fourth-order valence-electron chi connectivity index (χ4n) is 3.48. The van der Waals surface area contributed by atoms with Gasteiger partial charge < -0.3 is 4.90 Å². The van der Waals surface area contributed by atoms with Crippen LogP contribution in [0, 0.1) is 0 Å². The Bertz CT molecular complexity index is 1400. The molecule has 3 heterocycles. The molecule has 4 aromatic rings. The molecule has 1 saturated heterocycles. The molecule has 1 aliphatic rings. The lowest BCUT2D eigenvalue weighted by Crippen LogP contribution is -2.17. The molecule has 2 aromatic heterocycles. The quantitative estimate of drug-likeness (QED) is 0.264. The Balaban J connectivity index is 1.25. The van der Waals surface area contributed by atoms with E-state index in [1.54, 1.807) is 12.1 Å². The summed E-state index contributed by atoms with van der Waals surface area (Å²) in [5, 5.41) is 18.3. The SMILES string of the molecule is CS(=O)(=O)c1ccc(N=Nc2cc3sc(N=Nc4ccc(N5CCCC5)cc4)nc3s2)cc1. The van der Waals surface area contributed by atoms with Gasteiger partial charge in [0, 0.05) is 25.0 Å². The monoisotopic (exact) mass is 496 g/mol. The number of aromatic nitrogens is 1. The van der Waals surface area contributed by atoms with E-state index in [2.05, 4.69) is 42.5 Å². The van der Waals surface area contributed by atoms with Gasteiger partial charge in [-0.25, -0.2) is 13.4 Å². The van der Waals surface area contributed by atoms with Crippen LogP contribution in [0.15, 0.2) is 79.9 Å². The molecule has 0 atom stereocenters. The van der Waals surface area contributed by atoms with Crippen LogP contribution < -0.4 is 4.90 Å². The molecule has 1 fully saturated rings. The highest BCUT2D eigenvalue weighted by molar-refractivity contribution is 7.90. The molecule has 0 saturated carbocycles. The minimum Gasteiger partial charge on any atom is -0.372 e. The lowest BCUT2D eigenvalue weighted by Gasteiger charge is -2.17. The average Bonchev–Trinajstić information content (AvgIpc) is 3.53. The first-order valence-electron chi connectivity index (χ1n) is 10.3. The predicted molar refractivity (Wildman–Crippen MR) is 133 cm³/mol. The summed E-state index contributed by atoms with van der Waals surface area (Å²) in [5.41, 5.74) is 2.61. The largest absolute Gasteiger partial charge is 0.372 e. The van der Waals surface area contributed by atoms with Crippen molar-refractivity contribution < 1.29 is 8.42 Å². The molecule has 0 amide bonds. The molecule has 5 rings (SSSR count). The topological polar surface area (TPSA) is 99.7 Å². The number of anilines is 1. The van der Waals surface area contributed by atoms with E-state index in [-0.39, 0.29) is 4.90 Å². The van der Waals surface area contributed by atoms with Crippen molar-refractivity contribution in [1.29, 1.82) is 0 Å². The Labute approximate surface area is 199 Å². The number of hydrogen-bond donors (Lipinski definition) is 0. The highest BCUT2D eigenvalue weighted by atomic mass is 32.2. The number of rotatable bonds is 6. The Hall–Kier alpha value is -3.02. The van der Waals surface area contributed by atoms with Crippen molar-refractivity contribution in [3.05, 3.63) is 54.6 Å². The second-order valence-electron chi connectivity index (χ2n) is 7.63. The van der Waals surface area contributed by atoms with Crippen LogP contribution in [0.1, 0.15) is 12.8 Å². The minimum absolute atomic E-state index is 0.256. The first-order valence-corrected chi connectivity index (χ1v) is 13.9. The third kappa shape index (κ3) is 5.15. The molecule has 11 heteroatoms. The van der Waals surface area contributed by atoms with Crippen molar-refractivity contribution in [2.45, 2.75) is 17.7 Å². The standard InChI is InChI=1S/C22H20N6O2S3/c1-33(29,30)18-10-6-16(7-11-18)24-26-20-14-19-21(32-20)23-22(31-19)27-25-15-4-8-17(9-5-15)28-12-2-3-13-28/h4-11,14H,2-3,12-13H2,1H3. The molecule has 8 nitrogen and oxygen atoms in total. The predicted octanol–water partition coefficient (Wildman–Crippen LogP) is 7.19. The smallest absolute Gasteiger partial charge is 0.231 e. The fourth-order valence-corrected chi connectivity index (χ4v) is 5.96. The number of benzene rings is 2. The number of thiazole rings is 1. The Morgan fingerprint density at radius 2 is 1.48 bits per heavy atom. The summed E-state index contributed by atoms with van der Waals surface area (Å²) in [6, 6.07) is 16.4. The van der Waals surface area contributed by atoms with Gasteiger partial charge in [0.15, 0.2) is 9.84 Å². The molecule has 2 aromatic carbocycles. The van der Waals surface area contributed by atoms with Gasteiger partial charge in [0.1, 0.15) is 9.83 Å². The van der Waals surface area contributed by atoms with Gasteiger partial charge in [0.25, 0.3) is 0 Å². The van der Waals surface area contributed by atoms with Gasteiger partial charge in [-0.2, -0.15) is 0 Å². The highest BCUT2D eigenvalue weighted by Crippen LogP contribution is 2.39. The summed E-state index contributed by atoms with van der Waals surface area (Å²) in [5.74, 6) is 0. The van der Waals surface area contributed by atoms with Gasteiger partial charge in [-0.05, 0) is 67.4 Å². The van der Waals surface area contributed by atoms with Crippen molar-refractivity contribution in [1.82, 2.24) is 4.98 Å².